The van der Waals surface area contributed by atoms with Gasteiger partial charge in [-0.3, -0.25) is 9.59 Å². The summed E-state index contributed by atoms with van der Waals surface area (Å²) in [4.78, 5) is 34.4. The van der Waals surface area contributed by atoms with Gasteiger partial charge in [0.1, 0.15) is 0 Å². The molecule has 0 aromatic heterocycles. The highest BCUT2D eigenvalue weighted by Gasteiger charge is 2.18. The predicted molar refractivity (Wildman–Crippen MR) is 124 cm³/mol. The van der Waals surface area contributed by atoms with Gasteiger partial charge in [0.2, 0.25) is 5.91 Å². The molecule has 0 saturated carbocycles. The van der Waals surface area contributed by atoms with Crippen LogP contribution in [-0.2, 0) is 17.8 Å². The molecule has 31 heavy (non-hydrogen) atoms. The SMILES string of the molecule is C=C1CCC(C)C(=O)N1.CCc1c(CNC(=O)Nc2ccccc2)cccc1C(C)=O. The zero-order chi connectivity index (χ0) is 22.8. The van der Waals surface area contributed by atoms with Crippen molar-refractivity contribution in [2.24, 2.45) is 5.92 Å². The number of hydrogen-bond acceptors (Lipinski definition) is 3. The monoisotopic (exact) mass is 421 g/mol. The Morgan fingerprint density at radius 1 is 1.13 bits per heavy atom. The van der Waals surface area contributed by atoms with Crippen LogP contribution in [0.15, 0.2) is 60.8 Å². The lowest BCUT2D eigenvalue weighted by molar-refractivity contribution is -0.124. The largest absolute Gasteiger partial charge is 0.334 e. The van der Waals surface area contributed by atoms with Crippen molar-refractivity contribution in [3.8, 4) is 0 Å². The molecule has 3 rings (SSSR count). The molecule has 2 aromatic rings. The number of nitrogens with one attached hydrogen (secondary N) is 3. The van der Waals surface area contributed by atoms with Crippen LogP contribution in [-0.4, -0.2) is 17.7 Å². The number of hydrogen-bond donors (Lipinski definition) is 3. The molecule has 1 atom stereocenters. The van der Waals surface area contributed by atoms with Crippen LogP contribution in [0.3, 0.4) is 0 Å². The van der Waals surface area contributed by atoms with Gasteiger partial charge in [-0.2, -0.15) is 0 Å². The second-order valence-electron chi connectivity index (χ2n) is 7.56. The van der Waals surface area contributed by atoms with E-state index in [4.69, 9.17) is 0 Å². The highest BCUT2D eigenvalue weighted by molar-refractivity contribution is 5.96. The van der Waals surface area contributed by atoms with Crippen molar-refractivity contribution in [3.05, 3.63) is 77.5 Å². The van der Waals surface area contributed by atoms with E-state index in [0.29, 0.717) is 6.54 Å². The maximum absolute atomic E-state index is 11.9. The minimum atomic E-state index is -0.263. The predicted octanol–water partition coefficient (Wildman–Crippen LogP) is 4.82. The summed E-state index contributed by atoms with van der Waals surface area (Å²) in [5.41, 5.74) is 4.30. The molecular weight excluding hydrogens is 390 g/mol. The number of rotatable bonds is 5. The van der Waals surface area contributed by atoms with Crippen molar-refractivity contribution in [2.75, 3.05) is 5.32 Å². The number of benzene rings is 2. The number of carbonyl (C=O) groups is 3. The Morgan fingerprint density at radius 3 is 2.42 bits per heavy atom. The summed E-state index contributed by atoms with van der Waals surface area (Å²) in [6, 6.07) is 14.6. The number of Topliss-reactive ketones (excluding diaryl/α,β-unsaturated/α-hetero) is 1. The Bertz CT molecular complexity index is 938. The van der Waals surface area contributed by atoms with Crippen LogP contribution < -0.4 is 16.0 Å². The maximum atomic E-state index is 11.9. The molecule has 0 bridgehead atoms. The molecule has 164 valence electrons. The van der Waals surface area contributed by atoms with Gasteiger partial charge in [0.25, 0.3) is 0 Å². The number of urea groups is 1. The summed E-state index contributed by atoms with van der Waals surface area (Å²) in [5, 5.41) is 8.29. The van der Waals surface area contributed by atoms with Crippen molar-refractivity contribution >= 4 is 23.4 Å². The summed E-state index contributed by atoms with van der Waals surface area (Å²) >= 11 is 0. The topological polar surface area (TPSA) is 87.3 Å². The number of carbonyl (C=O) groups excluding carboxylic acids is 3. The Kier molecular flexibility index (Phi) is 9.00. The normalized spacial score (nSPS) is 15.3. The molecule has 6 nitrogen and oxygen atoms in total. The third-order valence-corrected chi connectivity index (χ3v) is 5.10. The fourth-order valence-electron chi connectivity index (χ4n) is 3.30. The minimum absolute atomic E-state index is 0.0486. The summed E-state index contributed by atoms with van der Waals surface area (Å²) in [6.45, 7) is 9.56. The van der Waals surface area contributed by atoms with Crippen LogP contribution in [0, 0.1) is 5.92 Å². The zero-order valence-electron chi connectivity index (χ0n) is 18.5. The smallest absolute Gasteiger partial charge is 0.319 e. The van der Waals surface area contributed by atoms with E-state index in [1.807, 2.05) is 62.4 Å². The first-order chi connectivity index (χ1) is 14.8. The molecule has 1 unspecified atom stereocenters. The average Bonchev–Trinajstić information content (AvgIpc) is 2.75. The van der Waals surface area contributed by atoms with Gasteiger partial charge in [0.05, 0.1) is 0 Å². The molecule has 6 heteroatoms. The fraction of sp³-hybridized carbons (Fsp3) is 0.320. The van der Waals surface area contributed by atoms with Gasteiger partial charge in [0.15, 0.2) is 5.78 Å². The third kappa shape index (κ3) is 7.41. The summed E-state index contributed by atoms with van der Waals surface area (Å²) in [5.74, 6) is 0.342. The molecule has 0 aliphatic carbocycles. The molecule has 1 heterocycles. The van der Waals surface area contributed by atoms with Crippen LogP contribution in [0.2, 0.25) is 0 Å². The molecule has 1 saturated heterocycles. The van der Waals surface area contributed by atoms with Gasteiger partial charge >= 0.3 is 6.03 Å². The van der Waals surface area contributed by atoms with Crippen LogP contribution in [0.4, 0.5) is 10.5 Å². The first-order valence-corrected chi connectivity index (χ1v) is 10.5. The van der Waals surface area contributed by atoms with E-state index in [2.05, 4.69) is 22.5 Å². The second-order valence-corrected chi connectivity index (χ2v) is 7.56. The second kappa shape index (κ2) is 11.7. The van der Waals surface area contributed by atoms with Crippen LogP contribution in [0.5, 0.6) is 0 Å². The van der Waals surface area contributed by atoms with E-state index in [-0.39, 0.29) is 23.6 Å². The molecule has 2 aromatic carbocycles. The van der Waals surface area contributed by atoms with E-state index in [1.54, 1.807) is 6.92 Å². The van der Waals surface area contributed by atoms with Gasteiger partial charge in [-0.05, 0) is 49.4 Å². The maximum Gasteiger partial charge on any atom is 0.319 e. The molecule has 0 radical (unpaired) electrons. The molecule has 1 aliphatic heterocycles. The molecule has 0 spiro atoms. The number of amides is 3. The van der Waals surface area contributed by atoms with Gasteiger partial charge in [-0.25, -0.2) is 4.79 Å². The van der Waals surface area contributed by atoms with Crippen LogP contribution in [0.25, 0.3) is 0 Å². The minimum Gasteiger partial charge on any atom is -0.334 e. The van der Waals surface area contributed by atoms with Gasteiger partial charge in [-0.15, -0.1) is 0 Å². The third-order valence-electron chi connectivity index (χ3n) is 5.10. The Hall–Kier alpha value is -3.41. The van der Waals surface area contributed by atoms with Gasteiger partial charge in [0, 0.05) is 29.4 Å². The van der Waals surface area contributed by atoms with Gasteiger partial charge in [-0.1, -0.05) is 56.8 Å². The van der Waals surface area contributed by atoms with E-state index in [1.165, 1.54) is 0 Å². The average molecular weight is 422 g/mol. The van der Waals surface area contributed by atoms with Crippen LogP contribution in [0.1, 0.15) is 55.1 Å². The van der Waals surface area contributed by atoms with Crippen molar-refractivity contribution in [1.29, 1.82) is 0 Å². The van der Waals surface area contributed by atoms with Crippen molar-refractivity contribution < 1.29 is 14.4 Å². The first kappa shape index (κ1) is 23.9. The first-order valence-electron chi connectivity index (χ1n) is 10.5. The standard InChI is InChI=1S/C18H20N2O2.C7H11NO/c1-3-16-14(8-7-11-17(16)13(2)21)12-19-18(22)20-15-9-5-4-6-10-15;1-5-3-4-6(2)8-7(5)9/h4-11H,3,12H2,1-2H3,(H2,19,20,22);5H,2-4H2,1H3,(H,8,9). The lowest BCUT2D eigenvalue weighted by Gasteiger charge is -2.19. The summed E-state index contributed by atoms with van der Waals surface area (Å²) in [7, 11) is 0. The Morgan fingerprint density at radius 2 is 1.84 bits per heavy atom. The summed E-state index contributed by atoms with van der Waals surface area (Å²) in [6.07, 6.45) is 2.64. The van der Waals surface area contributed by atoms with E-state index < -0.39 is 0 Å². The highest BCUT2D eigenvalue weighted by Crippen LogP contribution is 2.17. The Labute approximate surface area is 184 Å². The lowest BCUT2D eigenvalue weighted by atomic mass is 9.96. The molecule has 1 aliphatic rings. The zero-order valence-corrected chi connectivity index (χ0v) is 18.5. The van der Waals surface area contributed by atoms with Crippen molar-refractivity contribution in [3.63, 3.8) is 0 Å². The van der Waals surface area contributed by atoms with Crippen molar-refractivity contribution in [1.82, 2.24) is 10.6 Å². The molecule has 3 N–H and O–H groups in total. The number of para-hydroxylation sites is 1. The molecule has 1 fully saturated rings. The highest BCUT2D eigenvalue weighted by atomic mass is 16.2. The van der Waals surface area contributed by atoms with E-state index in [0.717, 1.165) is 47.3 Å². The summed E-state index contributed by atoms with van der Waals surface area (Å²) < 4.78 is 0. The Balaban J connectivity index is 0.000000316. The number of anilines is 1. The number of allylic oxidation sites excluding steroid dienone is 1. The fourth-order valence-corrected chi connectivity index (χ4v) is 3.30. The van der Waals surface area contributed by atoms with Crippen molar-refractivity contribution in [2.45, 2.75) is 46.6 Å². The molecular formula is C25H31N3O3. The number of ketones is 1. The van der Waals surface area contributed by atoms with Crippen LogP contribution >= 0.6 is 0 Å². The van der Waals surface area contributed by atoms with E-state index >= 15 is 0 Å². The number of piperidine rings is 1. The van der Waals surface area contributed by atoms with E-state index in [9.17, 15) is 14.4 Å². The molecule has 3 amide bonds. The van der Waals surface area contributed by atoms with Gasteiger partial charge < -0.3 is 16.0 Å². The quantitative estimate of drug-likeness (QED) is 0.605. The lowest BCUT2D eigenvalue weighted by Crippen LogP contribution is -2.32.